The number of carbonyl (C=O) groups excluding carboxylic acids is 2. The Labute approximate surface area is 243 Å². The third-order valence-corrected chi connectivity index (χ3v) is 9.15. The molecule has 1 atom stereocenters. The van der Waals surface area contributed by atoms with E-state index in [1.54, 1.807) is 36.4 Å². The number of hydrogen-bond acceptors (Lipinski definition) is 5. The Morgan fingerprint density at radius 1 is 0.925 bits per heavy atom. The zero-order valence-electron chi connectivity index (χ0n) is 23.9. The maximum absolute atomic E-state index is 14.1. The summed E-state index contributed by atoms with van der Waals surface area (Å²) in [5.41, 5.74) is 3.25. The highest BCUT2D eigenvalue weighted by atomic mass is 32.2. The first-order chi connectivity index (χ1) is 19.1. The third-order valence-electron chi connectivity index (χ3n) is 6.62. The van der Waals surface area contributed by atoms with Crippen LogP contribution in [-0.4, -0.2) is 50.5 Å². The predicted octanol–water partition coefficient (Wildman–Crippen LogP) is 5.55. The molecule has 0 fully saturated rings. The van der Waals surface area contributed by atoms with Gasteiger partial charge >= 0.3 is 0 Å². The lowest BCUT2D eigenvalue weighted by Gasteiger charge is -2.33. The van der Waals surface area contributed by atoms with Gasteiger partial charge in [-0.1, -0.05) is 61.4 Å². The van der Waals surface area contributed by atoms with Crippen LogP contribution in [0.4, 0.5) is 5.69 Å². The maximum atomic E-state index is 14.1. The van der Waals surface area contributed by atoms with E-state index in [0.29, 0.717) is 18.7 Å². The fraction of sp³-hybridized carbons (Fsp3) is 0.355. The first kappa shape index (κ1) is 31.2. The first-order valence-electron chi connectivity index (χ1n) is 13.5. The highest BCUT2D eigenvalue weighted by molar-refractivity contribution is 7.98. The second-order valence-corrected chi connectivity index (χ2v) is 12.5. The van der Waals surface area contributed by atoms with E-state index >= 15 is 0 Å². The van der Waals surface area contributed by atoms with Gasteiger partial charge in [0.05, 0.1) is 10.6 Å². The summed E-state index contributed by atoms with van der Waals surface area (Å²) in [7, 11) is -4.09. The molecule has 40 heavy (non-hydrogen) atoms. The molecule has 3 aromatic rings. The van der Waals surface area contributed by atoms with Crippen molar-refractivity contribution in [2.24, 2.45) is 0 Å². The molecule has 0 unspecified atom stereocenters. The fourth-order valence-corrected chi connectivity index (χ4v) is 6.23. The Bertz CT molecular complexity index is 1390. The Hall–Kier alpha value is -3.30. The zero-order chi connectivity index (χ0) is 29.3. The molecule has 9 heteroatoms. The van der Waals surface area contributed by atoms with Crippen LogP contribution >= 0.6 is 11.8 Å². The molecule has 0 bridgehead atoms. The second kappa shape index (κ2) is 14.4. The smallest absolute Gasteiger partial charge is 0.264 e. The number of amides is 2. The van der Waals surface area contributed by atoms with E-state index in [9.17, 15) is 18.0 Å². The van der Waals surface area contributed by atoms with Gasteiger partial charge in [0.15, 0.2) is 0 Å². The highest BCUT2D eigenvalue weighted by Gasteiger charge is 2.33. The molecule has 0 aliphatic rings. The van der Waals surface area contributed by atoms with E-state index < -0.39 is 28.5 Å². The molecule has 0 aliphatic carbocycles. The number of rotatable bonds is 13. The summed E-state index contributed by atoms with van der Waals surface area (Å²) in [6.45, 7) is 7.94. The van der Waals surface area contributed by atoms with Crippen LogP contribution in [-0.2, 0) is 26.2 Å². The topological polar surface area (TPSA) is 86.8 Å². The zero-order valence-corrected chi connectivity index (χ0v) is 25.5. The van der Waals surface area contributed by atoms with Crippen LogP contribution < -0.4 is 9.62 Å². The number of carbonyl (C=O) groups is 2. The summed E-state index contributed by atoms with van der Waals surface area (Å²) in [5.74, 6) is -0.701. The van der Waals surface area contributed by atoms with Gasteiger partial charge in [0.1, 0.15) is 12.6 Å². The van der Waals surface area contributed by atoms with Gasteiger partial charge in [-0.15, -0.1) is 11.8 Å². The van der Waals surface area contributed by atoms with Crippen molar-refractivity contribution >= 4 is 39.3 Å². The molecule has 0 saturated carbocycles. The molecule has 7 nitrogen and oxygen atoms in total. The summed E-state index contributed by atoms with van der Waals surface area (Å²) in [6.07, 6.45) is 3.08. The van der Waals surface area contributed by atoms with Crippen LogP contribution in [0.5, 0.6) is 0 Å². The average Bonchev–Trinajstić information content (AvgIpc) is 2.95. The van der Waals surface area contributed by atoms with Crippen molar-refractivity contribution in [1.29, 1.82) is 0 Å². The van der Waals surface area contributed by atoms with E-state index in [4.69, 9.17) is 0 Å². The molecule has 0 saturated heterocycles. The normalized spacial score (nSPS) is 12.0. The highest BCUT2D eigenvalue weighted by Crippen LogP contribution is 2.27. The van der Waals surface area contributed by atoms with Crippen molar-refractivity contribution in [2.75, 3.05) is 23.7 Å². The van der Waals surface area contributed by atoms with Gasteiger partial charge < -0.3 is 10.2 Å². The summed E-state index contributed by atoms with van der Waals surface area (Å²) < 4.78 is 29.1. The summed E-state index contributed by atoms with van der Waals surface area (Å²) in [5, 5.41) is 2.91. The van der Waals surface area contributed by atoms with Crippen molar-refractivity contribution in [3.63, 3.8) is 0 Å². The largest absolute Gasteiger partial charge is 0.354 e. The molecule has 214 valence electrons. The van der Waals surface area contributed by atoms with Crippen LogP contribution in [0, 0.1) is 13.8 Å². The van der Waals surface area contributed by atoms with Crippen molar-refractivity contribution in [1.82, 2.24) is 10.2 Å². The Morgan fingerprint density at radius 2 is 1.60 bits per heavy atom. The summed E-state index contributed by atoms with van der Waals surface area (Å²) >= 11 is 1.52. The second-order valence-electron chi connectivity index (χ2n) is 9.75. The van der Waals surface area contributed by atoms with Gasteiger partial charge in [-0.2, -0.15) is 0 Å². The average molecular weight is 582 g/mol. The SMILES string of the molecule is CCCNC(=O)[C@H](CC)N(Cc1cccc(C)c1)C(=O)CN(c1ccc(C)cc1)S(=O)(=O)c1ccc(SC)cc1. The van der Waals surface area contributed by atoms with Crippen molar-refractivity contribution in [2.45, 2.75) is 62.9 Å². The molecule has 0 aliphatic heterocycles. The van der Waals surface area contributed by atoms with E-state index in [-0.39, 0.29) is 17.3 Å². The van der Waals surface area contributed by atoms with Gasteiger partial charge in [-0.05, 0) is 74.9 Å². The molecule has 1 N–H and O–H groups in total. The van der Waals surface area contributed by atoms with Crippen LogP contribution in [0.1, 0.15) is 43.4 Å². The van der Waals surface area contributed by atoms with Crippen molar-refractivity contribution < 1.29 is 18.0 Å². The minimum Gasteiger partial charge on any atom is -0.354 e. The van der Waals surface area contributed by atoms with Gasteiger partial charge in [0.25, 0.3) is 10.0 Å². The molecule has 2 amide bonds. The predicted molar refractivity (Wildman–Crippen MR) is 163 cm³/mol. The van der Waals surface area contributed by atoms with Gasteiger partial charge in [0.2, 0.25) is 11.8 Å². The molecule has 3 rings (SSSR count). The third kappa shape index (κ3) is 7.88. The number of hydrogen-bond donors (Lipinski definition) is 1. The van der Waals surface area contributed by atoms with E-state index in [0.717, 1.165) is 32.3 Å². The minimum atomic E-state index is -4.09. The standard InChI is InChI=1S/C31H39N3O4S2/c1-6-19-32-31(36)29(7-2)33(21-25-10-8-9-24(4)20-25)30(35)22-34(26-13-11-23(3)12-14-26)40(37,38)28-17-15-27(39-5)16-18-28/h8-18,20,29H,6-7,19,21-22H2,1-5H3,(H,32,36)/t29-/m0/s1. The fourth-order valence-electron chi connectivity index (χ4n) is 4.41. The number of nitrogens with one attached hydrogen (secondary N) is 1. The molecule has 3 aromatic carbocycles. The molecule has 0 radical (unpaired) electrons. The van der Waals surface area contributed by atoms with E-state index in [1.165, 1.54) is 16.7 Å². The Kier molecular flexibility index (Phi) is 11.2. The lowest BCUT2D eigenvalue weighted by atomic mass is 10.1. The first-order valence-corrected chi connectivity index (χ1v) is 16.1. The van der Waals surface area contributed by atoms with Crippen molar-refractivity contribution in [3.05, 3.63) is 89.5 Å². The molecular weight excluding hydrogens is 542 g/mol. The Morgan fingerprint density at radius 3 is 2.17 bits per heavy atom. The monoisotopic (exact) mass is 581 g/mol. The molecule has 0 heterocycles. The minimum absolute atomic E-state index is 0.0941. The summed E-state index contributed by atoms with van der Waals surface area (Å²) in [6, 6.07) is 20.7. The van der Waals surface area contributed by atoms with Crippen molar-refractivity contribution in [3.8, 4) is 0 Å². The lowest BCUT2D eigenvalue weighted by molar-refractivity contribution is -0.140. The van der Waals surface area contributed by atoms with Crippen LogP contribution in [0.15, 0.2) is 82.6 Å². The van der Waals surface area contributed by atoms with E-state index in [2.05, 4.69) is 5.32 Å². The van der Waals surface area contributed by atoms with Crippen LogP contribution in [0.25, 0.3) is 0 Å². The number of benzene rings is 3. The molecule has 0 spiro atoms. The molecule has 0 aromatic heterocycles. The van der Waals surface area contributed by atoms with E-state index in [1.807, 2.05) is 70.3 Å². The number of aryl methyl sites for hydroxylation is 2. The maximum Gasteiger partial charge on any atom is 0.264 e. The number of sulfonamides is 1. The van der Waals surface area contributed by atoms with Gasteiger partial charge in [-0.25, -0.2) is 8.42 Å². The number of thioether (sulfide) groups is 1. The van der Waals surface area contributed by atoms with Gasteiger partial charge in [0, 0.05) is 18.0 Å². The Balaban J connectivity index is 2.04. The van der Waals surface area contributed by atoms with Crippen LogP contribution in [0.3, 0.4) is 0 Å². The number of anilines is 1. The van der Waals surface area contributed by atoms with Gasteiger partial charge in [-0.3, -0.25) is 13.9 Å². The quantitative estimate of drug-likeness (QED) is 0.267. The van der Waals surface area contributed by atoms with Crippen LogP contribution in [0.2, 0.25) is 0 Å². The summed E-state index contributed by atoms with van der Waals surface area (Å²) in [4.78, 5) is 29.8. The lowest BCUT2D eigenvalue weighted by Crippen LogP contribution is -2.52. The molecular formula is C31H39N3O4S2. The number of nitrogens with zero attached hydrogens (tertiary/aromatic N) is 2.